The number of hydrogen-bond donors (Lipinski definition) is 3. The summed E-state index contributed by atoms with van der Waals surface area (Å²) in [4.78, 5) is 11.8. The van der Waals surface area contributed by atoms with Crippen molar-refractivity contribution in [1.82, 2.24) is 14.9 Å². The second kappa shape index (κ2) is 12.6. The predicted octanol–water partition coefficient (Wildman–Crippen LogP) is 5.94. The number of hydrogen-bond acceptors (Lipinski definition) is 10. The van der Waals surface area contributed by atoms with Gasteiger partial charge in [-0.05, 0) is 56.6 Å². The van der Waals surface area contributed by atoms with Gasteiger partial charge < -0.3 is 24.7 Å². The van der Waals surface area contributed by atoms with Crippen LogP contribution in [0.2, 0.25) is 5.02 Å². The maximum atomic E-state index is 11.7. The third-order valence-electron chi connectivity index (χ3n) is 5.21. The molecule has 0 bridgehead atoms. The van der Waals surface area contributed by atoms with E-state index < -0.39 is 10.0 Å². The Morgan fingerprint density at radius 1 is 1.03 bits per heavy atom. The Kier molecular flexibility index (Phi) is 9.23. The van der Waals surface area contributed by atoms with Crippen molar-refractivity contribution in [3.63, 3.8) is 0 Å². The van der Waals surface area contributed by atoms with Crippen LogP contribution in [0, 0.1) is 0 Å². The van der Waals surface area contributed by atoms with E-state index in [0.717, 1.165) is 29.2 Å². The van der Waals surface area contributed by atoms with E-state index in [0.29, 0.717) is 34.4 Å². The molecule has 0 saturated heterocycles. The van der Waals surface area contributed by atoms with Gasteiger partial charge >= 0.3 is 0 Å². The largest absolute Gasteiger partial charge is 0.495 e. The van der Waals surface area contributed by atoms with Crippen molar-refractivity contribution in [2.45, 2.75) is 17.2 Å². The monoisotopic (exact) mass is 588 g/mol. The lowest BCUT2D eigenvalue weighted by molar-refractivity contribution is 0.344. The lowest BCUT2D eigenvalue weighted by atomic mass is 10.2. The van der Waals surface area contributed by atoms with Crippen LogP contribution < -0.4 is 20.1 Å². The first kappa shape index (κ1) is 28.6. The highest BCUT2D eigenvalue weighted by Gasteiger charge is 2.13. The Morgan fingerprint density at radius 3 is 2.49 bits per heavy atom. The molecule has 0 fully saturated rings. The average molecular weight is 589 g/mol. The fourth-order valence-corrected chi connectivity index (χ4v) is 5.09. The van der Waals surface area contributed by atoms with Crippen molar-refractivity contribution in [1.29, 1.82) is 0 Å². The standard InChI is InChI=1S/C26H29ClN6O4S2/c1-33(2)15-17-9-10-18(37-17)16-38-19-11-12-23(24(13-19)36-3)30-26-28-14-20(27)25(31-26)29-21-7-5-6-8-22(21)32-39(4,34)35/h5-14,32H,15-16H2,1-4H3,(H2,28,29,30,31). The molecule has 39 heavy (non-hydrogen) atoms. The summed E-state index contributed by atoms with van der Waals surface area (Å²) in [5.41, 5.74) is 1.52. The predicted molar refractivity (Wildman–Crippen MR) is 157 cm³/mol. The molecule has 2 heterocycles. The maximum Gasteiger partial charge on any atom is 0.229 e. The first-order chi connectivity index (χ1) is 18.6. The lowest BCUT2D eigenvalue weighted by Crippen LogP contribution is -2.11. The minimum Gasteiger partial charge on any atom is -0.495 e. The fourth-order valence-electron chi connectivity index (χ4n) is 3.56. The zero-order chi connectivity index (χ0) is 28.0. The molecule has 0 atom stereocenters. The number of thioether (sulfide) groups is 1. The van der Waals surface area contributed by atoms with Gasteiger partial charge in [0, 0.05) is 4.90 Å². The third-order valence-corrected chi connectivity index (χ3v) is 7.09. The van der Waals surface area contributed by atoms with Crippen LogP contribution in [0.25, 0.3) is 0 Å². The molecule has 13 heteroatoms. The number of nitrogens with one attached hydrogen (secondary N) is 3. The molecular weight excluding hydrogens is 560 g/mol. The molecule has 0 aliphatic heterocycles. The van der Waals surface area contributed by atoms with E-state index in [1.165, 1.54) is 6.20 Å². The Morgan fingerprint density at radius 2 is 1.77 bits per heavy atom. The van der Waals surface area contributed by atoms with Gasteiger partial charge in [-0.2, -0.15) is 4.98 Å². The number of nitrogens with zero attached hydrogens (tertiary/aromatic N) is 3. The van der Waals surface area contributed by atoms with Gasteiger partial charge in [-0.25, -0.2) is 13.4 Å². The summed E-state index contributed by atoms with van der Waals surface area (Å²) >= 11 is 7.97. The number of para-hydroxylation sites is 2. The van der Waals surface area contributed by atoms with Crippen LogP contribution in [-0.4, -0.2) is 50.7 Å². The normalized spacial score (nSPS) is 11.4. The van der Waals surface area contributed by atoms with Gasteiger partial charge in [0.05, 0.1) is 48.9 Å². The van der Waals surface area contributed by atoms with Crippen molar-refractivity contribution in [3.05, 3.63) is 77.3 Å². The molecule has 2 aromatic heterocycles. The van der Waals surface area contributed by atoms with E-state index >= 15 is 0 Å². The molecule has 4 aromatic rings. The number of sulfonamides is 1. The summed E-state index contributed by atoms with van der Waals surface area (Å²) in [5, 5.41) is 6.50. The summed E-state index contributed by atoms with van der Waals surface area (Å²) in [6, 6.07) is 16.6. The Bertz CT molecular complexity index is 1550. The van der Waals surface area contributed by atoms with Gasteiger partial charge in [0.1, 0.15) is 22.3 Å². The number of ether oxygens (including phenoxy) is 1. The zero-order valence-electron chi connectivity index (χ0n) is 21.9. The summed E-state index contributed by atoms with van der Waals surface area (Å²) in [5.74, 6) is 3.71. The summed E-state index contributed by atoms with van der Waals surface area (Å²) in [7, 11) is 2.12. The van der Waals surface area contributed by atoms with E-state index in [9.17, 15) is 8.42 Å². The molecule has 0 radical (unpaired) electrons. The van der Waals surface area contributed by atoms with Crippen LogP contribution in [0.5, 0.6) is 5.75 Å². The maximum absolute atomic E-state index is 11.7. The molecule has 3 N–H and O–H groups in total. The van der Waals surface area contributed by atoms with Gasteiger partial charge in [-0.1, -0.05) is 23.7 Å². The number of furan rings is 1. The van der Waals surface area contributed by atoms with Crippen molar-refractivity contribution in [2.24, 2.45) is 0 Å². The molecule has 0 aliphatic carbocycles. The quantitative estimate of drug-likeness (QED) is 0.171. The van der Waals surface area contributed by atoms with Crippen molar-refractivity contribution in [2.75, 3.05) is 42.8 Å². The van der Waals surface area contributed by atoms with E-state index in [-0.39, 0.29) is 11.0 Å². The van der Waals surface area contributed by atoms with E-state index in [2.05, 4.69) is 30.2 Å². The minimum atomic E-state index is -3.48. The lowest BCUT2D eigenvalue weighted by Gasteiger charge is -2.15. The highest BCUT2D eigenvalue weighted by molar-refractivity contribution is 7.98. The molecule has 0 unspecified atom stereocenters. The number of aromatic nitrogens is 2. The summed E-state index contributed by atoms with van der Waals surface area (Å²) in [6.45, 7) is 0.757. The topological polar surface area (TPSA) is 122 Å². The molecule has 10 nitrogen and oxygen atoms in total. The number of rotatable bonds is 12. The van der Waals surface area contributed by atoms with Gasteiger partial charge in [0.25, 0.3) is 0 Å². The van der Waals surface area contributed by atoms with Gasteiger partial charge in [0.2, 0.25) is 16.0 Å². The number of anilines is 5. The van der Waals surface area contributed by atoms with Crippen molar-refractivity contribution >= 4 is 62.2 Å². The molecule has 0 saturated carbocycles. The average Bonchev–Trinajstić information content (AvgIpc) is 3.32. The molecule has 4 rings (SSSR count). The Hall–Kier alpha value is -3.45. The highest BCUT2D eigenvalue weighted by Crippen LogP contribution is 2.34. The van der Waals surface area contributed by atoms with E-state index in [1.807, 2.05) is 44.4 Å². The number of methoxy groups -OCH3 is 1. The van der Waals surface area contributed by atoms with Crippen molar-refractivity contribution < 1.29 is 17.6 Å². The van der Waals surface area contributed by atoms with E-state index in [1.54, 1.807) is 43.1 Å². The SMILES string of the molecule is COc1cc(SCc2ccc(CN(C)C)o2)ccc1Nc1ncc(Cl)c(Nc2ccccc2NS(C)(=O)=O)n1. The van der Waals surface area contributed by atoms with Gasteiger partial charge in [-0.15, -0.1) is 11.8 Å². The molecule has 206 valence electrons. The fraction of sp³-hybridized carbons (Fsp3) is 0.231. The van der Waals surface area contributed by atoms with Crippen LogP contribution in [-0.2, 0) is 22.3 Å². The van der Waals surface area contributed by atoms with Crippen LogP contribution in [0.4, 0.5) is 28.8 Å². The second-order valence-corrected chi connectivity index (χ2v) is 12.0. The van der Waals surface area contributed by atoms with Crippen molar-refractivity contribution in [3.8, 4) is 5.75 Å². The van der Waals surface area contributed by atoms with E-state index in [4.69, 9.17) is 20.8 Å². The Balaban J connectivity index is 1.47. The first-order valence-electron chi connectivity index (χ1n) is 11.8. The first-order valence-corrected chi connectivity index (χ1v) is 15.0. The number of halogens is 1. The summed E-state index contributed by atoms with van der Waals surface area (Å²) in [6.07, 6.45) is 2.54. The second-order valence-electron chi connectivity index (χ2n) is 8.82. The highest BCUT2D eigenvalue weighted by atomic mass is 35.5. The van der Waals surface area contributed by atoms with Gasteiger partial charge in [-0.3, -0.25) is 4.72 Å². The van der Waals surface area contributed by atoms with Crippen LogP contribution in [0.15, 0.2) is 70.1 Å². The Labute approximate surface area is 237 Å². The smallest absolute Gasteiger partial charge is 0.229 e. The molecule has 2 aromatic carbocycles. The molecule has 0 amide bonds. The van der Waals surface area contributed by atoms with Gasteiger partial charge in [0.15, 0.2) is 5.82 Å². The summed E-state index contributed by atoms with van der Waals surface area (Å²) < 4.78 is 37.5. The number of benzene rings is 2. The van der Waals surface area contributed by atoms with Crippen LogP contribution >= 0.6 is 23.4 Å². The molecular formula is C26H29ClN6O4S2. The molecule has 0 spiro atoms. The third kappa shape index (κ3) is 8.27. The minimum absolute atomic E-state index is 0.264. The molecule has 0 aliphatic rings. The van der Waals surface area contributed by atoms with Crippen LogP contribution in [0.3, 0.4) is 0 Å². The zero-order valence-corrected chi connectivity index (χ0v) is 24.2. The van der Waals surface area contributed by atoms with Crippen LogP contribution in [0.1, 0.15) is 11.5 Å².